The third-order valence-corrected chi connectivity index (χ3v) is 6.62. The number of hydrogen-bond acceptors (Lipinski definition) is 4. The van der Waals surface area contributed by atoms with Gasteiger partial charge in [-0.2, -0.15) is 15.8 Å². The van der Waals surface area contributed by atoms with Gasteiger partial charge in [0.25, 0.3) is 0 Å². The molecule has 0 atom stereocenters. The summed E-state index contributed by atoms with van der Waals surface area (Å²) >= 11 is 0. The molecule has 170 valence electrons. The van der Waals surface area contributed by atoms with E-state index < -0.39 is 0 Å². The van der Waals surface area contributed by atoms with Crippen molar-refractivity contribution in [2.24, 2.45) is 0 Å². The van der Waals surface area contributed by atoms with Crippen LogP contribution >= 0.6 is 0 Å². The second-order valence-corrected chi connectivity index (χ2v) is 8.59. The topological polar surface area (TPSA) is 89.2 Å². The zero-order valence-electron chi connectivity index (χ0n) is 19.6. The van der Waals surface area contributed by atoms with E-state index in [1.807, 2.05) is 83.4 Å². The summed E-state index contributed by atoms with van der Waals surface area (Å²) in [6, 6.07) is 35.8. The van der Waals surface area contributed by atoms with Gasteiger partial charge in [0.1, 0.15) is 12.1 Å². The van der Waals surface area contributed by atoms with Gasteiger partial charge in [0.15, 0.2) is 0 Å². The minimum Gasteiger partial charge on any atom is -0.306 e. The number of aromatic nitrogens is 2. The van der Waals surface area contributed by atoms with Gasteiger partial charge in [-0.3, -0.25) is 4.98 Å². The fourth-order valence-electron chi connectivity index (χ4n) is 5.02. The van der Waals surface area contributed by atoms with Crippen molar-refractivity contribution in [2.45, 2.75) is 0 Å². The van der Waals surface area contributed by atoms with Gasteiger partial charge in [-0.1, -0.05) is 54.6 Å². The molecule has 0 amide bonds. The molecule has 0 N–H and O–H groups in total. The molecule has 2 aromatic heterocycles. The molecule has 5 heteroatoms. The van der Waals surface area contributed by atoms with E-state index in [1.165, 1.54) is 0 Å². The van der Waals surface area contributed by atoms with Gasteiger partial charge in [0.2, 0.25) is 0 Å². The second-order valence-electron chi connectivity index (χ2n) is 8.59. The normalized spacial score (nSPS) is 10.6. The predicted octanol–water partition coefficient (Wildman–Crippen LogP) is 7.13. The van der Waals surface area contributed by atoms with Crippen molar-refractivity contribution < 1.29 is 0 Å². The Morgan fingerprint density at radius 3 is 1.68 bits per heavy atom. The zero-order chi connectivity index (χ0) is 25.4. The summed E-state index contributed by atoms with van der Waals surface area (Å²) < 4.78 is 1.97. The highest BCUT2D eigenvalue weighted by molar-refractivity contribution is 6.13. The summed E-state index contributed by atoms with van der Waals surface area (Å²) in [6.07, 6.45) is 3.41. The van der Waals surface area contributed by atoms with Crippen LogP contribution in [0.25, 0.3) is 49.7 Å². The molecule has 6 aromatic rings. The highest BCUT2D eigenvalue weighted by atomic mass is 15.0. The van der Waals surface area contributed by atoms with Gasteiger partial charge >= 0.3 is 0 Å². The van der Waals surface area contributed by atoms with Crippen LogP contribution in [0.15, 0.2) is 103 Å². The van der Waals surface area contributed by atoms with Crippen molar-refractivity contribution in [3.05, 3.63) is 120 Å². The maximum atomic E-state index is 10.2. The average molecular weight is 472 g/mol. The minimum atomic E-state index is 0.486. The third-order valence-electron chi connectivity index (χ3n) is 6.62. The molecule has 0 saturated heterocycles. The monoisotopic (exact) mass is 471 g/mol. The van der Waals surface area contributed by atoms with Crippen LogP contribution < -0.4 is 0 Å². The number of benzene rings is 4. The number of para-hydroxylation sites is 2. The van der Waals surface area contributed by atoms with Crippen LogP contribution in [-0.4, -0.2) is 9.55 Å². The summed E-state index contributed by atoms with van der Waals surface area (Å²) in [5.41, 5.74) is 7.12. The molecular formula is C32H17N5. The Kier molecular flexibility index (Phi) is 5.20. The van der Waals surface area contributed by atoms with Crippen LogP contribution in [-0.2, 0) is 0 Å². The van der Waals surface area contributed by atoms with Crippen molar-refractivity contribution >= 4 is 21.8 Å². The molecular weight excluding hydrogens is 454 g/mol. The van der Waals surface area contributed by atoms with Crippen molar-refractivity contribution in [3.63, 3.8) is 0 Å². The first-order valence-electron chi connectivity index (χ1n) is 11.7. The van der Waals surface area contributed by atoms with Gasteiger partial charge in [-0.25, -0.2) is 0 Å². The Morgan fingerprint density at radius 1 is 0.541 bits per heavy atom. The maximum absolute atomic E-state index is 10.2. The van der Waals surface area contributed by atoms with Gasteiger partial charge < -0.3 is 4.57 Å². The van der Waals surface area contributed by atoms with E-state index in [9.17, 15) is 15.8 Å². The smallest absolute Gasteiger partial charge is 0.101 e. The molecule has 0 bridgehead atoms. The van der Waals surface area contributed by atoms with Crippen LogP contribution in [0.3, 0.4) is 0 Å². The summed E-state index contributed by atoms with van der Waals surface area (Å²) in [6.45, 7) is 0. The average Bonchev–Trinajstić information content (AvgIpc) is 3.32. The fourth-order valence-corrected chi connectivity index (χ4v) is 5.02. The Labute approximate surface area is 213 Å². The van der Waals surface area contributed by atoms with Crippen LogP contribution in [0.5, 0.6) is 0 Å². The molecule has 2 heterocycles. The number of rotatable bonds is 3. The SMILES string of the molecule is N#Cc1cc(-n2c3c(C#N)cccc3c3cccc(C#N)c32)c(-c2ccccc2)cc1-c1ccncc1. The van der Waals surface area contributed by atoms with E-state index in [0.29, 0.717) is 27.7 Å². The Bertz CT molecular complexity index is 1880. The second kappa shape index (κ2) is 8.82. The Hall–Kier alpha value is -5.70. The van der Waals surface area contributed by atoms with E-state index in [4.69, 9.17) is 0 Å². The molecule has 0 unspecified atom stereocenters. The predicted molar refractivity (Wildman–Crippen MR) is 144 cm³/mol. The van der Waals surface area contributed by atoms with Gasteiger partial charge in [0.05, 0.1) is 39.5 Å². The lowest BCUT2D eigenvalue weighted by Gasteiger charge is -2.18. The number of nitrogens with zero attached hydrogens (tertiary/aromatic N) is 5. The number of nitriles is 3. The first-order valence-corrected chi connectivity index (χ1v) is 11.7. The molecule has 37 heavy (non-hydrogen) atoms. The first-order chi connectivity index (χ1) is 18.2. The lowest BCUT2D eigenvalue weighted by Crippen LogP contribution is -2.02. The summed E-state index contributed by atoms with van der Waals surface area (Å²) in [7, 11) is 0. The number of fused-ring (bicyclic) bond motifs is 3. The molecule has 5 nitrogen and oxygen atoms in total. The number of hydrogen-bond donors (Lipinski definition) is 0. The van der Waals surface area contributed by atoms with Gasteiger partial charge in [-0.15, -0.1) is 0 Å². The largest absolute Gasteiger partial charge is 0.306 e. The van der Waals surface area contributed by atoms with Crippen molar-refractivity contribution in [1.82, 2.24) is 9.55 Å². The van der Waals surface area contributed by atoms with Crippen LogP contribution in [0.4, 0.5) is 0 Å². The minimum absolute atomic E-state index is 0.486. The zero-order valence-corrected chi connectivity index (χ0v) is 19.6. The highest BCUT2D eigenvalue weighted by Crippen LogP contribution is 2.41. The first kappa shape index (κ1) is 21.8. The van der Waals surface area contributed by atoms with E-state index in [0.717, 1.165) is 38.7 Å². The van der Waals surface area contributed by atoms with E-state index >= 15 is 0 Å². The number of pyridine rings is 1. The summed E-state index contributed by atoms with van der Waals surface area (Å²) in [4.78, 5) is 4.12. The van der Waals surface area contributed by atoms with Crippen molar-refractivity contribution in [1.29, 1.82) is 15.8 Å². The molecule has 0 aliphatic rings. The Balaban J connectivity index is 1.84. The van der Waals surface area contributed by atoms with E-state index in [2.05, 4.69) is 23.2 Å². The van der Waals surface area contributed by atoms with Gasteiger partial charge in [-0.05, 0) is 47.5 Å². The quantitative estimate of drug-likeness (QED) is 0.275. The molecule has 0 radical (unpaired) electrons. The standard InChI is InChI=1S/C32H17N5/c33-18-23-8-4-10-26-27-11-5-9-24(19-34)32(27)37(31(23)26)30-16-25(20-35)28(22-12-14-36-15-13-22)17-29(30)21-6-2-1-3-7-21/h1-17H. The van der Waals surface area contributed by atoms with Gasteiger partial charge in [0, 0.05) is 34.3 Å². The Morgan fingerprint density at radius 2 is 1.11 bits per heavy atom. The van der Waals surface area contributed by atoms with E-state index in [-0.39, 0.29) is 0 Å². The molecule has 4 aromatic carbocycles. The van der Waals surface area contributed by atoms with E-state index in [1.54, 1.807) is 24.5 Å². The summed E-state index contributed by atoms with van der Waals surface area (Å²) in [5.74, 6) is 0. The molecule has 6 rings (SSSR count). The van der Waals surface area contributed by atoms with Crippen molar-refractivity contribution in [3.8, 4) is 46.1 Å². The third kappa shape index (κ3) is 3.41. The van der Waals surface area contributed by atoms with Crippen LogP contribution in [0, 0.1) is 34.0 Å². The summed E-state index contributed by atoms with van der Waals surface area (Å²) in [5, 5.41) is 32.1. The molecule has 0 saturated carbocycles. The molecule has 0 aliphatic heterocycles. The molecule has 0 spiro atoms. The van der Waals surface area contributed by atoms with Crippen LogP contribution in [0.1, 0.15) is 16.7 Å². The highest BCUT2D eigenvalue weighted by Gasteiger charge is 2.22. The lowest BCUT2D eigenvalue weighted by atomic mass is 9.93. The fraction of sp³-hybridized carbons (Fsp3) is 0. The lowest BCUT2D eigenvalue weighted by molar-refractivity contribution is 1.17. The molecule has 0 aliphatic carbocycles. The van der Waals surface area contributed by atoms with Crippen molar-refractivity contribution in [2.75, 3.05) is 0 Å². The maximum Gasteiger partial charge on any atom is 0.101 e. The molecule has 0 fully saturated rings. The van der Waals surface area contributed by atoms with Crippen LogP contribution in [0.2, 0.25) is 0 Å².